The molecule has 0 aliphatic carbocycles. The second-order valence-corrected chi connectivity index (χ2v) is 9.21. The Bertz CT molecular complexity index is 1160. The summed E-state index contributed by atoms with van der Waals surface area (Å²) in [4.78, 5) is 31.7. The van der Waals surface area contributed by atoms with Gasteiger partial charge in [0.25, 0.3) is 0 Å². The number of fused-ring (bicyclic) bond motifs is 1. The molecule has 1 aromatic heterocycles. The molecule has 182 valence electrons. The SMILES string of the molecule is C[C@@H]1CN(c2cccc3c2CN(C(=O)OCc2ccccc2)CC3)CCN1C(=O)Cn1cccn1. The number of nitrogens with zero attached hydrogens (tertiary/aromatic N) is 5. The Balaban J connectivity index is 1.24. The summed E-state index contributed by atoms with van der Waals surface area (Å²) in [5.41, 5.74) is 4.58. The molecule has 2 aliphatic heterocycles. The molecule has 35 heavy (non-hydrogen) atoms. The summed E-state index contributed by atoms with van der Waals surface area (Å²) < 4.78 is 7.26. The molecule has 2 aliphatic rings. The number of hydrogen-bond acceptors (Lipinski definition) is 5. The second kappa shape index (κ2) is 10.2. The average molecular weight is 474 g/mol. The van der Waals surface area contributed by atoms with Gasteiger partial charge < -0.3 is 19.4 Å². The van der Waals surface area contributed by atoms with Crippen molar-refractivity contribution in [2.45, 2.75) is 39.1 Å². The molecule has 1 fully saturated rings. The third-order valence-corrected chi connectivity index (χ3v) is 6.86. The third-order valence-electron chi connectivity index (χ3n) is 6.86. The molecule has 8 nitrogen and oxygen atoms in total. The van der Waals surface area contributed by atoms with Gasteiger partial charge >= 0.3 is 6.09 Å². The fraction of sp³-hybridized carbons (Fsp3) is 0.370. The molecule has 5 rings (SSSR count). The molecule has 1 saturated heterocycles. The van der Waals surface area contributed by atoms with Crippen LogP contribution in [-0.4, -0.2) is 63.8 Å². The van der Waals surface area contributed by atoms with E-state index in [0.29, 0.717) is 19.6 Å². The fourth-order valence-electron chi connectivity index (χ4n) is 5.00. The number of aromatic nitrogens is 2. The van der Waals surface area contributed by atoms with Gasteiger partial charge in [0, 0.05) is 50.3 Å². The Kier molecular flexibility index (Phi) is 6.70. The molecule has 0 N–H and O–H groups in total. The molecule has 3 aromatic rings. The Morgan fingerprint density at radius 3 is 2.66 bits per heavy atom. The summed E-state index contributed by atoms with van der Waals surface area (Å²) in [6.45, 7) is 5.98. The van der Waals surface area contributed by atoms with Crippen LogP contribution in [0, 0.1) is 0 Å². The topological polar surface area (TPSA) is 70.9 Å². The molecule has 0 spiro atoms. The molecule has 8 heteroatoms. The zero-order chi connectivity index (χ0) is 24.2. The molecular formula is C27H31N5O3. The van der Waals surface area contributed by atoms with Crippen molar-refractivity contribution in [3.63, 3.8) is 0 Å². The van der Waals surface area contributed by atoms with Crippen LogP contribution < -0.4 is 4.90 Å². The fourth-order valence-corrected chi connectivity index (χ4v) is 5.00. The van der Waals surface area contributed by atoms with Crippen molar-refractivity contribution in [3.8, 4) is 0 Å². The van der Waals surface area contributed by atoms with E-state index in [4.69, 9.17) is 4.74 Å². The Morgan fingerprint density at radius 2 is 1.89 bits per heavy atom. The summed E-state index contributed by atoms with van der Waals surface area (Å²) in [7, 11) is 0. The van der Waals surface area contributed by atoms with E-state index in [-0.39, 0.29) is 31.2 Å². The highest BCUT2D eigenvalue weighted by atomic mass is 16.6. The van der Waals surface area contributed by atoms with E-state index in [9.17, 15) is 9.59 Å². The van der Waals surface area contributed by atoms with Crippen LogP contribution in [0.2, 0.25) is 0 Å². The van der Waals surface area contributed by atoms with E-state index in [1.807, 2.05) is 47.5 Å². The van der Waals surface area contributed by atoms with Gasteiger partial charge in [-0.25, -0.2) is 4.79 Å². The number of piperazine rings is 1. The van der Waals surface area contributed by atoms with Crippen LogP contribution >= 0.6 is 0 Å². The largest absolute Gasteiger partial charge is 0.445 e. The van der Waals surface area contributed by atoms with E-state index in [1.165, 1.54) is 11.1 Å². The number of hydrogen-bond donors (Lipinski definition) is 0. The van der Waals surface area contributed by atoms with Crippen LogP contribution in [0.3, 0.4) is 0 Å². The smallest absolute Gasteiger partial charge is 0.410 e. The quantitative estimate of drug-likeness (QED) is 0.569. The lowest BCUT2D eigenvalue weighted by molar-refractivity contribution is -0.134. The highest BCUT2D eigenvalue weighted by Crippen LogP contribution is 2.31. The van der Waals surface area contributed by atoms with Gasteiger partial charge in [0.15, 0.2) is 0 Å². The van der Waals surface area contributed by atoms with Gasteiger partial charge in [0.05, 0.1) is 6.54 Å². The van der Waals surface area contributed by atoms with Gasteiger partial charge in [0.2, 0.25) is 5.91 Å². The summed E-state index contributed by atoms with van der Waals surface area (Å²) in [6.07, 6.45) is 4.03. The minimum atomic E-state index is -0.281. The van der Waals surface area contributed by atoms with E-state index in [2.05, 4.69) is 35.1 Å². The van der Waals surface area contributed by atoms with Crippen molar-refractivity contribution < 1.29 is 14.3 Å². The molecule has 3 heterocycles. The Morgan fingerprint density at radius 1 is 1.03 bits per heavy atom. The summed E-state index contributed by atoms with van der Waals surface area (Å²) in [5, 5.41) is 4.15. The molecule has 2 amide bonds. The maximum absolute atomic E-state index is 12.8. The molecule has 0 saturated carbocycles. The number of amides is 2. The number of anilines is 1. The molecular weight excluding hydrogens is 442 g/mol. The average Bonchev–Trinajstić information content (AvgIpc) is 3.40. The first-order valence-electron chi connectivity index (χ1n) is 12.2. The van der Waals surface area contributed by atoms with Gasteiger partial charge in [-0.15, -0.1) is 0 Å². The van der Waals surface area contributed by atoms with Crippen LogP contribution in [0.25, 0.3) is 0 Å². The second-order valence-electron chi connectivity index (χ2n) is 9.21. The summed E-state index contributed by atoms with van der Waals surface area (Å²) in [5.74, 6) is 0.0864. The van der Waals surface area contributed by atoms with Crippen LogP contribution in [-0.2, 0) is 35.6 Å². The van der Waals surface area contributed by atoms with Crippen molar-refractivity contribution in [1.82, 2.24) is 19.6 Å². The van der Waals surface area contributed by atoms with E-state index < -0.39 is 0 Å². The number of carbonyl (C=O) groups is 2. The van der Waals surface area contributed by atoms with E-state index in [1.54, 1.807) is 15.8 Å². The predicted octanol–water partition coefficient (Wildman–Crippen LogP) is 3.32. The van der Waals surface area contributed by atoms with Crippen LogP contribution in [0.1, 0.15) is 23.6 Å². The van der Waals surface area contributed by atoms with Gasteiger partial charge in [-0.05, 0) is 42.2 Å². The van der Waals surface area contributed by atoms with Crippen molar-refractivity contribution in [3.05, 3.63) is 83.7 Å². The van der Waals surface area contributed by atoms with Crippen molar-refractivity contribution in [2.75, 3.05) is 31.1 Å². The van der Waals surface area contributed by atoms with Gasteiger partial charge in [-0.3, -0.25) is 9.48 Å². The summed E-state index contributed by atoms with van der Waals surface area (Å²) in [6, 6.07) is 18.0. The lowest BCUT2D eigenvalue weighted by Gasteiger charge is -2.42. The number of rotatable bonds is 5. The van der Waals surface area contributed by atoms with Crippen molar-refractivity contribution in [1.29, 1.82) is 0 Å². The number of carbonyl (C=O) groups excluding carboxylic acids is 2. The van der Waals surface area contributed by atoms with E-state index in [0.717, 1.165) is 30.8 Å². The Labute approximate surface area is 205 Å². The normalized spacial score (nSPS) is 17.7. The van der Waals surface area contributed by atoms with Crippen LogP contribution in [0.5, 0.6) is 0 Å². The van der Waals surface area contributed by atoms with Crippen LogP contribution in [0.4, 0.5) is 10.5 Å². The molecule has 0 radical (unpaired) electrons. The molecule has 0 bridgehead atoms. The predicted molar refractivity (Wildman–Crippen MR) is 133 cm³/mol. The lowest BCUT2D eigenvalue weighted by atomic mass is 9.97. The third kappa shape index (κ3) is 5.16. The van der Waals surface area contributed by atoms with Gasteiger partial charge in [-0.1, -0.05) is 42.5 Å². The standard InChI is InChI=1S/C27H31N5O3/c1-21-17-29(15-16-32(21)26(33)19-31-13-6-12-28-31)25-10-5-9-23-11-14-30(18-24(23)25)27(34)35-20-22-7-3-2-4-8-22/h2-10,12-13,21H,11,14-20H2,1H3/t21-/m1/s1. The maximum atomic E-state index is 12.8. The molecule has 1 atom stereocenters. The molecule has 2 aromatic carbocycles. The minimum absolute atomic E-state index is 0.0817. The maximum Gasteiger partial charge on any atom is 0.410 e. The first-order chi connectivity index (χ1) is 17.1. The first kappa shape index (κ1) is 23.0. The number of benzene rings is 2. The first-order valence-corrected chi connectivity index (χ1v) is 12.2. The highest BCUT2D eigenvalue weighted by molar-refractivity contribution is 5.77. The zero-order valence-electron chi connectivity index (χ0n) is 20.0. The van der Waals surface area contributed by atoms with Gasteiger partial charge in [0.1, 0.15) is 13.2 Å². The van der Waals surface area contributed by atoms with Gasteiger partial charge in [-0.2, -0.15) is 5.10 Å². The lowest BCUT2D eigenvalue weighted by Crippen LogP contribution is -2.55. The van der Waals surface area contributed by atoms with Crippen molar-refractivity contribution in [2.24, 2.45) is 0 Å². The Hall–Kier alpha value is -3.81. The zero-order valence-corrected chi connectivity index (χ0v) is 20.0. The summed E-state index contributed by atoms with van der Waals surface area (Å²) >= 11 is 0. The van der Waals surface area contributed by atoms with E-state index >= 15 is 0 Å². The number of ether oxygens (including phenoxy) is 1. The minimum Gasteiger partial charge on any atom is -0.445 e. The monoisotopic (exact) mass is 473 g/mol. The van der Waals surface area contributed by atoms with Crippen molar-refractivity contribution >= 4 is 17.7 Å². The highest BCUT2D eigenvalue weighted by Gasteiger charge is 2.31. The molecule has 0 unspecified atom stereocenters. The van der Waals surface area contributed by atoms with Crippen LogP contribution in [0.15, 0.2) is 67.0 Å².